The molecule has 0 aromatic rings. The molecule has 0 spiro atoms. The van der Waals surface area contributed by atoms with Gasteiger partial charge in [0.05, 0.1) is 19.8 Å². The van der Waals surface area contributed by atoms with E-state index in [0.29, 0.717) is 13.2 Å². The number of unbranched alkanes of at least 4 members (excludes halogenated alkanes) is 26. The summed E-state index contributed by atoms with van der Waals surface area (Å²) < 4.78 is 97.5. The van der Waals surface area contributed by atoms with Crippen molar-refractivity contribution in [2.24, 2.45) is 0 Å². The molecule has 16 heteroatoms. The van der Waals surface area contributed by atoms with Gasteiger partial charge in [-0.05, 0) is 12.8 Å². The Morgan fingerprint density at radius 2 is 0.895 bits per heavy atom. The Balaban J connectivity index is 2.57. The first-order chi connectivity index (χ1) is 27.4. The largest absolute Gasteiger partial charge is 0.397 e. The maximum Gasteiger partial charge on any atom is 0.397 e. The third-order valence-electron chi connectivity index (χ3n) is 10.5. The Morgan fingerprint density at radius 3 is 1.28 bits per heavy atom. The van der Waals surface area contributed by atoms with Crippen LogP contribution in [0, 0.1) is 0 Å². The van der Waals surface area contributed by atoms with Crippen LogP contribution < -0.4 is 0 Å². The molecule has 14 nitrogen and oxygen atoms in total. The quantitative estimate of drug-likeness (QED) is 0.0335. The van der Waals surface area contributed by atoms with Crippen molar-refractivity contribution in [2.45, 2.75) is 230 Å². The van der Waals surface area contributed by atoms with Gasteiger partial charge in [0, 0.05) is 13.2 Å². The van der Waals surface area contributed by atoms with E-state index < -0.39 is 64.2 Å². The first kappa shape index (κ1) is 54.5. The molecule has 1 rings (SSSR count). The number of aliphatic hydroxyl groups excluding tert-OH is 2. The van der Waals surface area contributed by atoms with Gasteiger partial charge in [-0.1, -0.05) is 181 Å². The summed E-state index contributed by atoms with van der Waals surface area (Å²) in [5.74, 6) is 0. The molecule has 0 radical (unpaired) electrons. The minimum absolute atomic E-state index is 0.143. The van der Waals surface area contributed by atoms with Gasteiger partial charge in [-0.25, -0.2) is 8.37 Å². The summed E-state index contributed by atoms with van der Waals surface area (Å²) in [5.41, 5.74) is 0. The molecular weight excluding hydrogens is 781 g/mol. The minimum atomic E-state index is -5.25. The van der Waals surface area contributed by atoms with Gasteiger partial charge < -0.3 is 29.2 Å². The lowest BCUT2D eigenvalue weighted by Crippen LogP contribution is -2.62. The van der Waals surface area contributed by atoms with Crippen LogP contribution in [0.4, 0.5) is 0 Å². The van der Waals surface area contributed by atoms with Crippen molar-refractivity contribution >= 4 is 20.8 Å². The molecule has 1 aliphatic rings. The van der Waals surface area contributed by atoms with Crippen LogP contribution in [0.5, 0.6) is 0 Å². The number of rotatable bonds is 41. The Labute approximate surface area is 346 Å². The van der Waals surface area contributed by atoms with Gasteiger partial charge >= 0.3 is 20.8 Å². The predicted octanol–water partition coefficient (Wildman–Crippen LogP) is 8.82. The second kappa shape index (κ2) is 35.1. The molecule has 0 bridgehead atoms. The number of hydrogen-bond donors (Lipinski definition) is 4. The smallest absolute Gasteiger partial charge is 0.394 e. The standard InChI is InChI=1S/C41H82O14S2/c1-3-5-7-9-11-13-15-17-19-21-23-25-27-29-31-50-34-36(51-32-30-28-26-24-22-20-18-16-14-12-10-8-6-4-2)35-52-41-40(55-57(47,48)49)39(54-56(44,45)46)38(43)37(33-42)53-41/h36-43H,3-35H2,1-2H3,(H,44,45,46)(H,47,48,49)/t36?,37-,38+,39+,40-,41-/m1/s1. The van der Waals surface area contributed by atoms with Crippen molar-refractivity contribution in [1.29, 1.82) is 0 Å². The van der Waals surface area contributed by atoms with Crippen molar-refractivity contribution in [1.82, 2.24) is 0 Å². The van der Waals surface area contributed by atoms with Gasteiger partial charge in [0.2, 0.25) is 0 Å². The first-order valence-corrected chi connectivity index (χ1v) is 25.2. The maximum atomic E-state index is 11.7. The van der Waals surface area contributed by atoms with E-state index in [9.17, 15) is 36.2 Å². The van der Waals surface area contributed by atoms with Gasteiger partial charge in [-0.2, -0.15) is 16.8 Å². The average molecular weight is 863 g/mol. The van der Waals surface area contributed by atoms with Crippen LogP contribution in [-0.4, -0.2) is 106 Å². The summed E-state index contributed by atoms with van der Waals surface area (Å²) in [7, 11) is -10.5. The third-order valence-corrected chi connectivity index (χ3v) is 11.4. The molecule has 1 heterocycles. The zero-order chi connectivity index (χ0) is 42.0. The van der Waals surface area contributed by atoms with E-state index in [1.807, 2.05) is 0 Å². The Bertz CT molecular complexity index is 1130. The summed E-state index contributed by atoms with van der Waals surface area (Å²) in [6.45, 7) is 4.48. The number of ether oxygens (including phenoxy) is 4. The Hall–Kier alpha value is -0.500. The van der Waals surface area contributed by atoms with Crippen LogP contribution in [0.1, 0.15) is 194 Å². The second-order valence-corrected chi connectivity index (χ2v) is 17.9. The third kappa shape index (κ3) is 31.1. The summed E-state index contributed by atoms with van der Waals surface area (Å²) in [5, 5.41) is 20.3. The molecule has 1 fully saturated rings. The molecular formula is C41H82O14S2. The van der Waals surface area contributed by atoms with E-state index in [1.54, 1.807) is 0 Å². The van der Waals surface area contributed by atoms with Crippen molar-refractivity contribution in [3.8, 4) is 0 Å². The van der Waals surface area contributed by atoms with Gasteiger partial charge in [0.15, 0.2) is 12.4 Å². The molecule has 1 aliphatic heterocycles. The van der Waals surface area contributed by atoms with Gasteiger partial charge in [-0.15, -0.1) is 0 Å². The average Bonchev–Trinajstić information content (AvgIpc) is 3.15. The molecule has 1 unspecified atom stereocenters. The van der Waals surface area contributed by atoms with Crippen LogP contribution in [0.25, 0.3) is 0 Å². The fraction of sp³-hybridized carbons (Fsp3) is 1.00. The van der Waals surface area contributed by atoms with E-state index in [4.69, 9.17) is 18.9 Å². The van der Waals surface area contributed by atoms with Crippen molar-refractivity contribution in [3.63, 3.8) is 0 Å². The zero-order valence-corrected chi connectivity index (χ0v) is 37.1. The SMILES string of the molecule is CCCCCCCCCCCCCCCCOCC(CO[C@@H]1O[C@H](CO)[C@H](O)[C@H](OS(=O)(=O)O)[C@H]1OS(=O)(=O)O)OCCCCCCCCCCCCCCCC. The first-order valence-electron chi connectivity index (χ1n) is 22.5. The lowest BCUT2D eigenvalue weighted by molar-refractivity contribution is -0.297. The van der Waals surface area contributed by atoms with E-state index >= 15 is 0 Å². The summed E-state index contributed by atoms with van der Waals surface area (Å²) in [6, 6.07) is 0. The molecule has 0 aromatic heterocycles. The van der Waals surface area contributed by atoms with Gasteiger partial charge in [0.25, 0.3) is 0 Å². The second-order valence-electron chi connectivity index (χ2n) is 15.8. The van der Waals surface area contributed by atoms with Gasteiger partial charge in [-0.3, -0.25) is 9.11 Å². The highest BCUT2D eigenvalue weighted by molar-refractivity contribution is 7.81. The molecule has 0 aliphatic carbocycles. The number of hydrogen-bond acceptors (Lipinski definition) is 12. The summed E-state index contributed by atoms with van der Waals surface area (Å²) in [4.78, 5) is 0. The molecule has 0 amide bonds. The molecule has 0 saturated carbocycles. The molecule has 1 saturated heterocycles. The normalized spacial score (nSPS) is 21.0. The van der Waals surface area contributed by atoms with Crippen molar-refractivity contribution in [3.05, 3.63) is 0 Å². The summed E-state index contributed by atoms with van der Waals surface area (Å²) >= 11 is 0. The van der Waals surface area contributed by atoms with E-state index in [0.717, 1.165) is 38.5 Å². The molecule has 0 aromatic carbocycles. The molecule has 4 N–H and O–H groups in total. The fourth-order valence-corrected chi connectivity index (χ4v) is 8.16. The predicted molar refractivity (Wildman–Crippen MR) is 222 cm³/mol. The molecule has 57 heavy (non-hydrogen) atoms. The minimum Gasteiger partial charge on any atom is -0.394 e. The van der Waals surface area contributed by atoms with Crippen LogP contribution in [-0.2, 0) is 48.1 Å². The lowest BCUT2D eigenvalue weighted by Gasteiger charge is -2.42. The highest BCUT2D eigenvalue weighted by Gasteiger charge is 2.51. The number of aliphatic hydroxyl groups is 2. The monoisotopic (exact) mass is 863 g/mol. The highest BCUT2D eigenvalue weighted by Crippen LogP contribution is 2.29. The zero-order valence-electron chi connectivity index (χ0n) is 35.5. The van der Waals surface area contributed by atoms with Crippen LogP contribution >= 0.6 is 0 Å². The van der Waals surface area contributed by atoms with Crippen molar-refractivity contribution < 1.29 is 63.5 Å². The van der Waals surface area contributed by atoms with Crippen LogP contribution in [0.15, 0.2) is 0 Å². The lowest BCUT2D eigenvalue weighted by atomic mass is 9.99. The molecule has 6 atom stereocenters. The topological polar surface area (TPSA) is 205 Å². The van der Waals surface area contributed by atoms with Crippen LogP contribution in [0.2, 0.25) is 0 Å². The highest BCUT2D eigenvalue weighted by atomic mass is 32.3. The Kier molecular flexibility index (Phi) is 33.6. The fourth-order valence-electron chi connectivity index (χ4n) is 7.18. The van der Waals surface area contributed by atoms with E-state index in [1.165, 1.54) is 141 Å². The van der Waals surface area contributed by atoms with Gasteiger partial charge in [0.1, 0.15) is 24.4 Å². The Morgan fingerprint density at radius 1 is 0.526 bits per heavy atom. The summed E-state index contributed by atoms with van der Waals surface area (Å²) in [6.07, 6.45) is 24.6. The van der Waals surface area contributed by atoms with Crippen molar-refractivity contribution in [2.75, 3.05) is 33.0 Å². The molecule has 342 valence electrons. The van der Waals surface area contributed by atoms with E-state index in [-0.39, 0.29) is 13.2 Å². The van der Waals surface area contributed by atoms with Crippen LogP contribution in [0.3, 0.4) is 0 Å². The maximum absolute atomic E-state index is 11.7. The van der Waals surface area contributed by atoms with E-state index in [2.05, 4.69) is 22.2 Å².